The zero-order chi connectivity index (χ0) is 40.1. The van der Waals surface area contributed by atoms with Gasteiger partial charge in [-0.25, -0.2) is 14.8 Å². The number of allylic oxidation sites excluding steroid dienone is 3. The summed E-state index contributed by atoms with van der Waals surface area (Å²) in [6.45, 7) is 19.8. The van der Waals surface area contributed by atoms with E-state index in [1.54, 1.807) is 12.4 Å². The van der Waals surface area contributed by atoms with Gasteiger partial charge in [0.05, 0.1) is 22.4 Å². The normalized spacial score (nSPS) is 14.5. The number of carbonyl (C=O) groups excluding carboxylic acids is 1. The highest BCUT2D eigenvalue weighted by atomic mass is 16.2. The van der Waals surface area contributed by atoms with Crippen molar-refractivity contribution in [3.05, 3.63) is 153 Å². The van der Waals surface area contributed by atoms with E-state index < -0.39 is 6.03 Å². The average Bonchev–Trinajstić information content (AvgIpc) is 3.47. The summed E-state index contributed by atoms with van der Waals surface area (Å²) in [6.07, 6.45) is 7.23. The number of hydrogen-bond donors (Lipinski definition) is 0. The first kappa shape index (κ1) is 37.5. The minimum atomic E-state index is -0.514. The van der Waals surface area contributed by atoms with Gasteiger partial charge in [-0.2, -0.15) is 9.98 Å². The lowest BCUT2D eigenvalue weighted by Gasteiger charge is -2.32. The second kappa shape index (κ2) is 14.9. The Labute approximate surface area is 335 Å². The molecule has 0 saturated heterocycles. The summed E-state index contributed by atoms with van der Waals surface area (Å²) in [5.74, 6) is 2.75. The second-order valence-electron chi connectivity index (χ2n) is 16.1. The third kappa shape index (κ3) is 7.10. The van der Waals surface area contributed by atoms with Gasteiger partial charge in [0.15, 0.2) is 11.6 Å². The molecule has 57 heavy (non-hydrogen) atoms. The fraction of sp³-hybridized carbons (Fsp3) is 0.220. The predicted molar refractivity (Wildman–Crippen MR) is 238 cm³/mol. The summed E-state index contributed by atoms with van der Waals surface area (Å²) < 4.78 is 0. The van der Waals surface area contributed by atoms with Crippen LogP contribution in [-0.4, -0.2) is 28.4 Å². The highest BCUT2D eigenvalue weighted by molar-refractivity contribution is 6.14. The minimum absolute atomic E-state index is 0.212. The first-order valence-corrected chi connectivity index (χ1v) is 19.7. The van der Waals surface area contributed by atoms with E-state index in [1.165, 1.54) is 33.4 Å². The van der Waals surface area contributed by atoms with E-state index in [1.807, 2.05) is 30.3 Å². The molecule has 0 radical (unpaired) electrons. The number of aryl methyl sites for hydroxylation is 5. The molecular weight excluding hydrogens is 701 g/mol. The molecule has 284 valence electrons. The van der Waals surface area contributed by atoms with Crippen LogP contribution < -0.4 is 9.80 Å². The molecule has 0 bridgehead atoms. The molecule has 0 unspecified atom stereocenters. The van der Waals surface area contributed by atoms with E-state index in [0.717, 1.165) is 67.7 Å². The molecule has 0 saturated carbocycles. The maximum atomic E-state index is 12.0. The summed E-state index contributed by atoms with van der Waals surface area (Å²) in [7, 11) is 0. The molecule has 5 aromatic carbocycles. The van der Waals surface area contributed by atoms with Crippen LogP contribution >= 0.6 is 0 Å². The first-order chi connectivity index (χ1) is 27.4. The molecule has 2 aliphatic rings. The lowest BCUT2D eigenvalue weighted by Crippen LogP contribution is -2.25. The van der Waals surface area contributed by atoms with Gasteiger partial charge in [-0.3, -0.25) is 9.80 Å². The van der Waals surface area contributed by atoms with Gasteiger partial charge in [0.25, 0.3) is 0 Å². The van der Waals surface area contributed by atoms with Gasteiger partial charge in [-0.15, -0.1) is 0 Å². The van der Waals surface area contributed by atoms with Crippen LogP contribution in [0, 0.1) is 34.6 Å². The van der Waals surface area contributed by atoms with Crippen molar-refractivity contribution in [1.29, 1.82) is 0 Å². The lowest BCUT2D eigenvalue weighted by atomic mass is 9.90. The van der Waals surface area contributed by atoms with Gasteiger partial charge in [0.1, 0.15) is 5.82 Å². The van der Waals surface area contributed by atoms with Crippen LogP contribution in [0.2, 0.25) is 0 Å². The number of rotatable bonds is 7. The summed E-state index contributed by atoms with van der Waals surface area (Å²) in [5.41, 5.74) is 17.2. The van der Waals surface area contributed by atoms with E-state index in [2.05, 4.69) is 155 Å². The van der Waals surface area contributed by atoms with E-state index >= 15 is 0 Å². The van der Waals surface area contributed by atoms with Gasteiger partial charge < -0.3 is 0 Å². The van der Waals surface area contributed by atoms with Crippen LogP contribution in [0.5, 0.6) is 0 Å². The maximum Gasteiger partial charge on any atom is 0.366 e. The molecule has 0 spiro atoms. The molecule has 3 heterocycles. The number of fused-ring (bicyclic) bond motifs is 2. The Morgan fingerprint density at radius 2 is 0.965 bits per heavy atom. The predicted octanol–water partition coefficient (Wildman–Crippen LogP) is 13.1. The van der Waals surface area contributed by atoms with Crippen molar-refractivity contribution in [3.63, 3.8) is 0 Å². The van der Waals surface area contributed by atoms with Gasteiger partial charge >= 0.3 is 6.03 Å². The zero-order valence-corrected chi connectivity index (χ0v) is 34.2. The topological polar surface area (TPSA) is 74.1 Å². The average molecular weight is 749 g/mol. The fourth-order valence-corrected chi connectivity index (χ4v) is 8.26. The number of hydrogen-bond acceptors (Lipinski definition) is 5. The maximum absolute atomic E-state index is 12.0. The number of aromatic nitrogens is 2. The molecule has 8 rings (SSSR count). The molecule has 2 aliphatic heterocycles. The molecule has 0 atom stereocenters. The van der Waals surface area contributed by atoms with Crippen molar-refractivity contribution in [2.45, 2.75) is 74.1 Å². The Balaban J connectivity index is 1.56. The second-order valence-corrected chi connectivity index (χ2v) is 16.1. The number of aliphatic imine (C=N–C) groups is 2. The van der Waals surface area contributed by atoms with Crippen molar-refractivity contribution in [3.8, 4) is 22.3 Å². The number of para-hydroxylation sites is 3. The first-order valence-electron chi connectivity index (χ1n) is 19.7. The van der Waals surface area contributed by atoms with Gasteiger partial charge in [0.2, 0.25) is 0 Å². The van der Waals surface area contributed by atoms with Crippen LogP contribution in [0.1, 0.15) is 78.5 Å². The quantitative estimate of drug-likeness (QED) is 0.162. The Morgan fingerprint density at radius 1 is 0.526 bits per heavy atom. The third-order valence-corrected chi connectivity index (χ3v) is 10.6. The standard InChI is InChI=1S/C50H48N6O/c1-29(2)39-13-12-14-40(30(3)4)46(39)55-45(18-17-36-27-51-50(57)52-28-36)56(49-48(55)53-43-15-10-11-16-44(43)54-49)47-41(37-21-31(5)19-32(6)22-37)25-35(9)26-42(47)38-23-33(7)20-34(8)24-38/h10-30H,1-9H3/b45-18+. The van der Waals surface area contributed by atoms with E-state index in [4.69, 9.17) is 9.97 Å². The fourth-order valence-electron chi connectivity index (χ4n) is 8.26. The molecule has 1 aromatic heterocycles. The van der Waals surface area contributed by atoms with Crippen LogP contribution in [0.4, 0.5) is 27.8 Å². The zero-order valence-electron chi connectivity index (χ0n) is 34.2. The van der Waals surface area contributed by atoms with E-state index in [9.17, 15) is 4.79 Å². The third-order valence-electron chi connectivity index (χ3n) is 10.6. The van der Waals surface area contributed by atoms with Crippen LogP contribution in [0.3, 0.4) is 0 Å². The summed E-state index contributed by atoms with van der Waals surface area (Å²) in [6, 6.07) is 32.4. The molecule has 0 aliphatic carbocycles. The molecule has 0 fully saturated rings. The van der Waals surface area contributed by atoms with Gasteiger partial charge in [-0.05, 0) is 111 Å². The number of anilines is 4. The van der Waals surface area contributed by atoms with Crippen molar-refractivity contribution < 1.29 is 4.79 Å². The van der Waals surface area contributed by atoms with Crippen LogP contribution in [-0.2, 0) is 0 Å². The van der Waals surface area contributed by atoms with Crippen molar-refractivity contribution in [2.24, 2.45) is 9.98 Å². The van der Waals surface area contributed by atoms with Gasteiger partial charge in [-0.1, -0.05) is 117 Å². The highest BCUT2D eigenvalue weighted by Crippen LogP contribution is 2.55. The number of benzene rings is 5. The largest absolute Gasteiger partial charge is 0.366 e. The number of urea groups is 1. The van der Waals surface area contributed by atoms with Crippen LogP contribution in [0.25, 0.3) is 33.3 Å². The Morgan fingerprint density at radius 3 is 1.42 bits per heavy atom. The van der Waals surface area contributed by atoms with Crippen molar-refractivity contribution in [1.82, 2.24) is 9.97 Å². The SMILES string of the molecule is Cc1cc(C)cc(-c2cc(C)cc(-c3cc(C)cc(C)c3)c2N2/C(=C/C=C3C=NC(=O)N=C3)N(c3c(C(C)C)cccc3C(C)C)c3nc4ccccc4nc32)c1. The summed E-state index contributed by atoms with van der Waals surface area (Å²) in [4.78, 5) is 35.6. The minimum Gasteiger partial charge on any atom is -0.276 e. The number of carbonyl (C=O) groups is 1. The number of amides is 2. The van der Waals surface area contributed by atoms with Crippen molar-refractivity contribution in [2.75, 3.05) is 9.80 Å². The van der Waals surface area contributed by atoms with E-state index in [0.29, 0.717) is 5.57 Å². The molecule has 2 amide bonds. The Kier molecular flexibility index (Phi) is 9.78. The molecular formula is C50H48N6O. The molecule has 7 heteroatoms. The van der Waals surface area contributed by atoms with E-state index in [-0.39, 0.29) is 11.8 Å². The summed E-state index contributed by atoms with van der Waals surface area (Å²) >= 11 is 0. The van der Waals surface area contributed by atoms with Crippen molar-refractivity contribution >= 4 is 52.5 Å². The van der Waals surface area contributed by atoms with Crippen LogP contribution in [0.15, 0.2) is 125 Å². The number of nitrogens with zero attached hydrogens (tertiary/aromatic N) is 6. The van der Waals surface area contributed by atoms with Gasteiger partial charge in [0, 0.05) is 29.1 Å². The lowest BCUT2D eigenvalue weighted by molar-refractivity contribution is 0.257. The smallest absolute Gasteiger partial charge is 0.276 e. The highest BCUT2D eigenvalue weighted by Gasteiger charge is 2.41. The molecule has 6 aromatic rings. The summed E-state index contributed by atoms with van der Waals surface area (Å²) in [5, 5.41) is 0. The Bertz CT molecular complexity index is 2580. The molecule has 7 nitrogen and oxygen atoms in total. The molecule has 0 N–H and O–H groups in total. The Hall–Kier alpha value is -6.47. The monoisotopic (exact) mass is 748 g/mol.